The molecule has 0 fully saturated rings. The molecular formula is C14H20N4O. The summed E-state index contributed by atoms with van der Waals surface area (Å²) in [5.74, 6) is 0.606. The Bertz CT molecular complexity index is 524. The van der Waals surface area contributed by atoms with E-state index in [-0.39, 0.29) is 6.04 Å². The number of benzene rings is 1. The van der Waals surface area contributed by atoms with Crippen LogP contribution in [0, 0.1) is 6.92 Å². The molecule has 5 heteroatoms. The smallest absolute Gasteiger partial charge is 0.315 e. The maximum absolute atomic E-state index is 5.56. The second-order valence-corrected chi connectivity index (χ2v) is 4.50. The van der Waals surface area contributed by atoms with Crippen LogP contribution in [0.5, 0.6) is 0 Å². The predicted octanol–water partition coefficient (Wildman–Crippen LogP) is 2.66. The van der Waals surface area contributed by atoms with Gasteiger partial charge >= 0.3 is 6.01 Å². The van der Waals surface area contributed by atoms with Gasteiger partial charge in [0.2, 0.25) is 5.89 Å². The lowest BCUT2D eigenvalue weighted by Gasteiger charge is -2.06. The van der Waals surface area contributed by atoms with Crippen molar-refractivity contribution >= 4 is 6.01 Å². The summed E-state index contributed by atoms with van der Waals surface area (Å²) in [6.45, 7) is 7.69. The number of nitrogens with one attached hydrogen (secondary N) is 2. The highest BCUT2D eigenvalue weighted by Crippen LogP contribution is 2.15. The summed E-state index contributed by atoms with van der Waals surface area (Å²) in [7, 11) is 0. The fourth-order valence-electron chi connectivity index (χ4n) is 1.85. The van der Waals surface area contributed by atoms with Crippen LogP contribution in [0.15, 0.2) is 28.7 Å². The van der Waals surface area contributed by atoms with Crippen molar-refractivity contribution in [3.63, 3.8) is 0 Å². The van der Waals surface area contributed by atoms with Gasteiger partial charge in [-0.2, -0.15) is 0 Å². The van der Waals surface area contributed by atoms with Crippen molar-refractivity contribution in [2.75, 3.05) is 11.9 Å². The van der Waals surface area contributed by atoms with E-state index in [2.05, 4.69) is 39.9 Å². The molecule has 0 spiro atoms. The van der Waals surface area contributed by atoms with Gasteiger partial charge in [-0.05, 0) is 31.5 Å². The Kier molecular flexibility index (Phi) is 4.52. The van der Waals surface area contributed by atoms with E-state index in [4.69, 9.17) is 4.42 Å². The molecule has 0 aliphatic heterocycles. The lowest BCUT2D eigenvalue weighted by Crippen LogP contribution is -2.17. The number of anilines is 1. The van der Waals surface area contributed by atoms with Crippen LogP contribution in [0.1, 0.15) is 36.9 Å². The summed E-state index contributed by atoms with van der Waals surface area (Å²) >= 11 is 0. The third kappa shape index (κ3) is 3.54. The molecule has 102 valence electrons. The van der Waals surface area contributed by atoms with Crippen molar-refractivity contribution in [2.45, 2.75) is 33.4 Å². The summed E-state index contributed by atoms with van der Waals surface area (Å²) in [5, 5.41) is 14.4. The van der Waals surface area contributed by atoms with E-state index in [1.165, 1.54) is 11.1 Å². The fourth-order valence-corrected chi connectivity index (χ4v) is 1.85. The third-order valence-corrected chi connectivity index (χ3v) is 3.01. The van der Waals surface area contributed by atoms with E-state index in [0.717, 1.165) is 6.54 Å². The van der Waals surface area contributed by atoms with Gasteiger partial charge < -0.3 is 15.1 Å². The first kappa shape index (κ1) is 13.5. The van der Waals surface area contributed by atoms with E-state index in [9.17, 15) is 0 Å². The summed E-state index contributed by atoms with van der Waals surface area (Å²) < 4.78 is 5.56. The molecule has 1 atom stereocenters. The topological polar surface area (TPSA) is 63.0 Å². The number of aromatic nitrogens is 2. The number of rotatable bonds is 6. The monoisotopic (exact) mass is 260 g/mol. The zero-order chi connectivity index (χ0) is 13.7. The van der Waals surface area contributed by atoms with E-state index in [1.54, 1.807) is 0 Å². The number of aryl methyl sites for hydroxylation is 1. The predicted molar refractivity (Wildman–Crippen MR) is 74.9 cm³/mol. The summed E-state index contributed by atoms with van der Waals surface area (Å²) in [4.78, 5) is 0. The summed E-state index contributed by atoms with van der Waals surface area (Å²) in [6, 6.07) is 8.76. The molecule has 0 bridgehead atoms. The second kappa shape index (κ2) is 6.33. The van der Waals surface area contributed by atoms with Crippen molar-refractivity contribution in [1.29, 1.82) is 0 Å². The highest BCUT2D eigenvalue weighted by Gasteiger charge is 2.12. The third-order valence-electron chi connectivity index (χ3n) is 3.01. The first-order chi connectivity index (χ1) is 9.20. The molecule has 0 radical (unpaired) electrons. The summed E-state index contributed by atoms with van der Waals surface area (Å²) in [6.07, 6.45) is 0. The molecule has 0 amide bonds. The first-order valence-electron chi connectivity index (χ1n) is 6.56. The van der Waals surface area contributed by atoms with Crippen molar-refractivity contribution in [3.05, 3.63) is 41.3 Å². The Hall–Kier alpha value is -1.88. The van der Waals surface area contributed by atoms with Gasteiger partial charge in [0, 0.05) is 6.54 Å². The Morgan fingerprint density at radius 3 is 2.79 bits per heavy atom. The standard InChI is InChI=1S/C14H20N4O/c1-4-15-11(3)13-17-18-14(19-13)16-9-12-8-6-5-7-10(12)2/h5-8,11,15H,4,9H2,1-3H3,(H,16,18). The molecule has 0 saturated heterocycles. The van der Waals surface area contributed by atoms with Crippen molar-refractivity contribution in [2.24, 2.45) is 0 Å². The Morgan fingerprint density at radius 2 is 2.05 bits per heavy atom. The van der Waals surface area contributed by atoms with Gasteiger partial charge in [0.1, 0.15) is 0 Å². The van der Waals surface area contributed by atoms with Crippen LogP contribution in [-0.2, 0) is 6.54 Å². The average Bonchev–Trinajstić information content (AvgIpc) is 2.87. The Labute approximate surface area is 113 Å². The molecule has 1 aromatic carbocycles. The fraction of sp³-hybridized carbons (Fsp3) is 0.429. The number of nitrogens with zero attached hydrogens (tertiary/aromatic N) is 2. The maximum Gasteiger partial charge on any atom is 0.315 e. The van der Waals surface area contributed by atoms with Gasteiger partial charge in [0.15, 0.2) is 0 Å². The van der Waals surface area contributed by atoms with E-state index < -0.39 is 0 Å². The lowest BCUT2D eigenvalue weighted by molar-refractivity contribution is 0.428. The minimum atomic E-state index is 0.0755. The van der Waals surface area contributed by atoms with E-state index in [0.29, 0.717) is 18.5 Å². The van der Waals surface area contributed by atoms with Crippen LogP contribution in [0.4, 0.5) is 6.01 Å². The van der Waals surface area contributed by atoms with Crippen LogP contribution in [0.2, 0.25) is 0 Å². The highest BCUT2D eigenvalue weighted by molar-refractivity contribution is 5.29. The lowest BCUT2D eigenvalue weighted by atomic mass is 10.1. The number of hydrogen-bond acceptors (Lipinski definition) is 5. The molecule has 0 aliphatic rings. The van der Waals surface area contributed by atoms with Gasteiger partial charge in [0.25, 0.3) is 0 Å². The molecule has 2 rings (SSSR count). The second-order valence-electron chi connectivity index (χ2n) is 4.50. The molecule has 2 N–H and O–H groups in total. The van der Waals surface area contributed by atoms with Gasteiger partial charge in [-0.25, -0.2) is 0 Å². The van der Waals surface area contributed by atoms with Crippen LogP contribution in [-0.4, -0.2) is 16.7 Å². The van der Waals surface area contributed by atoms with Gasteiger partial charge in [-0.3, -0.25) is 0 Å². The zero-order valence-electron chi connectivity index (χ0n) is 11.6. The first-order valence-corrected chi connectivity index (χ1v) is 6.56. The van der Waals surface area contributed by atoms with Gasteiger partial charge in [-0.1, -0.05) is 36.3 Å². The molecule has 1 unspecified atom stereocenters. The van der Waals surface area contributed by atoms with Gasteiger partial charge in [0.05, 0.1) is 6.04 Å². The van der Waals surface area contributed by atoms with Crippen LogP contribution >= 0.6 is 0 Å². The van der Waals surface area contributed by atoms with Crippen LogP contribution in [0.3, 0.4) is 0 Å². The van der Waals surface area contributed by atoms with E-state index in [1.807, 2.05) is 26.0 Å². The largest absolute Gasteiger partial charge is 0.406 e. The Balaban J connectivity index is 1.95. The molecule has 2 aromatic rings. The summed E-state index contributed by atoms with van der Waals surface area (Å²) in [5.41, 5.74) is 2.47. The maximum atomic E-state index is 5.56. The molecule has 5 nitrogen and oxygen atoms in total. The van der Waals surface area contributed by atoms with Crippen molar-refractivity contribution < 1.29 is 4.42 Å². The van der Waals surface area contributed by atoms with Crippen LogP contribution < -0.4 is 10.6 Å². The molecule has 1 heterocycles. The Morgan fingerprint density at radius 1 is 1.26 bits per heavy atom. The molecular weight excluding hydrogens is 240 g/mol. The van der Waals surface area contributed by atoms with Crippen molar-refractivity contribution in [1.82, 2.24) is 15.5 Å². The quantitative estimate of drug-likeness (QED) is 0.836. The normalized spacial score (nSPS) is 12.4. The average molecular weight is 260 g/mol. The minimum Gasteiger partial charge on any atom is -0.406 e. The SMILES string of the molecule is CCNC(C)c1nnc(NCc2ccccc2C)o1. The minimum absolute atomic E-state index is 0.0755. The molecule has 19 heavy (non-hydrogen) atoms. The highest BCUT2D eigenvalue weighted by atomic mass is 16.4. The number of hydrogen-bond donors (Lipinski definition) is 2. The zero-order valence-corrected chi connectivity index (χ0v) is 11.6. The molecule has 1 aromatic heterocycles. The van der Waals surface area contributed by atoms with E-state index >= 15 is 0 Å². The van der Waals surface area contributed by atoms with Crippen LogP contribution in [0.25, 0.3) is 0 Å². The van der Waals surface area contributed by atoms with Crippen molar-refractivity contribution in [3.8, 4) is 0 Å². The molecule has 0 saturated carbocycles. The molecule has 0 aliphatic carbocycles. The van der Waals surface area contributed by atoms with Gasteiger partial charge in [-0.15, -0.1) is 5.10 Å².